The van der Waals surface area contributed by atoms with Gasteiger partial charge in [-0.05, 0) is 78.1 Å². The molecule has 0 amide bonds. The van der Waals surface area contributed by atoms with Crippen LogP contribution in [0.5, 0.6) is 5.75 Å². The van der Waals surface area contributed by atoms with Crippen molar-refractivity contribution in [3.8, 4) is 5.75 Å². The molecular formula is C41H69NO7Si2. The molecule has 2 aliphatic heterocycles. The van der Waals surface area contributed by atoms with Gasteiger partial charge in [0, 0.05) is 19.4 Å². The summed E-state index contributed by atoms with van der Waals surface area (Å²) in [5.74, 6) is 1.37. The quantitative estimate of drug-likeness (QED) is 0.117. The van der Waals surface area contributed by atoms with Gasteiger partial charge in [-0.1, -0.05) is 86.6 Å². The Morgan fingerprint density at radius 1 is 0.882 bits per heavy atom. The van der Waals surface area contributed by atoms with Crippen LogP contribution in [-0.2, 0) is 36.3 Å². The summed E-state index contributed by atoms with van der Waals surface area (Å²) in [6, 6.07) is 7.88. The lowest BCUT2D eigenvalue weighted by Crippen LogP contribution is -2.52. The SMILES string of the molecule is C=C1C[C@H](C[C@@H]2C[C@@H](O[Si](C(C)C)(C(C)C)C(C)C)C[C@H](c3coc(COCc4ccc(OC)cc4)n3)O2)O[C@@H](CCO[Si](C)(C)C(C)(C)C)C1. The first-order valence-corrected chi connectivity index (χ1v) is 24.4. The average Bonchev–Trinajstić information content (AvgIpc) is 3.51. The van der Waals surface area contributed by atoms with Gasteiger partial charge in [0.2, 0.25) is 14.2 Å². The predicted octanol–water partition coefficient (Wildman–Crippen LogP) is 11.1. The van der Waals surface area contributed by atoms with Gasteiger partial charge in [-0.3, -0.25) is 0 Å². The zero-order valence-electron chi connectivity index (χ0n) is 33.9. The normalized spacial score (nSPS) is 23.8. The number of rotatable bonds is 17. The summed E-state index contributed by atoms with van der Waals surface area (Å²) in [5, 5.41) is 0.191. The largest absolute Gasteiger partial charge is 0.497 e. The first-order chi connectivity index (χ1) is 23.9. The van der Waals surface area contributed by atoms with Crippen LogP contribution in [0.4, 0.5) is 0 Å². The molecule has 1 aromatic carbocycles. The number of methoxy groups -OCH3 is 1. The maximum Gasteiger partial charge on any atom is 0.220 e. The van der Waals surface area contributed by atoms with E-state index in [1.807, 2.05) is 24.3 Å². The molecule has 5 atom stereocenters. The lowest BCUT2D eigenvalue weighted by Gasteiger charge is -2.47. The van der Waals surface area contributed by atoms with Crippen molar-refractivity contribution in [3.05, 3.63) is 59.8 Å². The highest BCUT2D eigenvalue weighted by Crippen LogP contribution is 2.46. The van der Waals surface area contributed by atoms with Gasteiger partial charge in [-0.15, -0.1) is 0 Å². The standard InChI is InChI=1S/C41H69NO7Si2/c1-28(2)51(29(3)4,30(5)6)49-37-23-36(22-35-21-31(7)20-34(47-35)18-19-46-50(12,13)41(8,9)10)48-39(24-37)38-26-45-40(42-38)27-44-25-32-14-16-33(43-11)17-15-32/h14-17,26,28-30,34-37,39H,7,18-25,27H2,1-6,8-13H3/t34-,35+,36+,37+,39+/m0/s1. The Hall–Kier alpha value is -1.80. The van der Waals surface area contributed by atoms with Crippen molar-refractivity contribution in [2.75, 3.05) is 13.7 Å². The van der Waals surface area contributed by atoms with Crippen molar-refractivity contribution in [3.63, 3.8) is 0 Å². The number of benzene rings is 1. The molecule has 10 heteroatoms. The molecule has 2 aromatic rings. The Morgan fingerprint density at radius 2 is 1.53 bits per heavy atom. The van der Waals surface area contributed by atoms with Gasteiger partial charge in [0.05, 0.1) is 38.1 Å². The molecule has 4 rings (SSSR count). The van der Waals surface area contributed by atoms with E-state index < -0.39 is 16.6 Å². The highest BCUT2D eigenvalue weighted by atomic mass is 28.4. The van der Waals surface area contributed by atoms with Gasteiger partial charge in [0.15, 0.2) is 8.32 Å². The zero-order chi connectivity index (χ0) is 37.6. The number of ether oxygens (including phenoxy) is 4. The Balaban J connectivity index is 1.46. The fraction of sp³-hybridized carbons (Fsp3) is 0.732. The van der Waals surface area contributed by atoms with Crippen LogP contribution in [0.2, 0.25) is 34.8 Å². The Bertz CT molecular complexity index is 1340. The maximum absolute atomic E-state index is 7.42. The topological polar surface area (TPSA) is 81.4 Å². The van der Waals surface area contributed by atoms with Gasteiger partial charge < -0.3 is 32.2 Å². The zero-order valence-corrected chi connectivity index (χ0v) is 35.9. The molecule has 0 bridgehead atoms. The second-order valence-corrected chi connectivity index (χ2v) is 27.7. The molecule has 51 heavy (non-hydrogen) atoms. The number of nitrogens with zero attached hydrogens (tertiary/aromatic N) is 1. The average molecular weight is 744 g/mol. The first kappa shape index (κ1) is 42.0. The van der Waals surface area contributed by atoms with Crippen molar-refractivity contribution in [2.24, 2.45) is 0 Å². The minimum absolute atomic E-state index is 0.0292. The van der Waals surface area contributed by atoms with Crippen molar-refractivity contribution in [1.29, 1.82) is 0 Å². The third kappa shape index (κ3) is 11.1. The molecule has 3 heterocycles. The highest BCUT2D eigenvalue weighted by molar-refractivity contribution is 6.77. The molecule has 0 radical (unpaired) electrons. The minimum atomic E-state index is -2.13. The van der Waals surface area contributed by atoms with Gasteiger partial charge >= 0.3 is 0 Å². The highest BCUT2D eigenvalue weighted by Gasteiger charge is 2.48. The monoisotopic (exact) mass is 743 g/mol. The van der Waals surface area contributed by atoms with Gasteiger partial charge in [-0.25, -0.2) is 4.98 Å². The summed E-state index contributed by atoms with van der Waals surface area (Å²) in [6.07, 6.45) is 6.75. The van der Waals surface area contributed by atoms with E-state index in [1.165, 1.54) is 5.57 Å². The molecule has 2 saturated heterocycles. The van der Waals surface area contributed by atoms with Crippen molar-refractivity contribution >= 4 is 16.6 Å². The van der Waals surface area contributed by atoms with Gasteiger partial charge in [0.25, 0.3) is 0 Å². The molecule has 8 nitrogen and oxygen atoms in total. The molecule has 0 N–H and O–H groups in total. The Labute approximate surface area is 311 Å². The number of aromatic nitrogens is 1. The molecule has 2 fully saturated rings. The Kier molecular flexibility index (Phi) is 14.8. The van der Waals surface area contributed by atoms with E-state index in [2.05, 4.69) is 82.0 Å². The molecule has 0 aliphatic carbocycles. The van der Waals surface area contributed by atoms with E-state index in [0.29, 0.717) is 29.1 Å². The van der Waals surface area contributed by atoms with E-state index in [-0.39, 0.29) is 42.2 Å². The van der Waals surface area contributed by atoms with Crippen LogP contribution in [0.1, 0.15) is 124 Å². The van der Waals surface area contributed by atoms with Crippen LogP contribution in [-0.4, -0.2) is 59.8 Å². The van der Waals surface area contributed by atoms with E-state index in [1.54, 1.807) is 13.4 Å². The number of hydrogen-bond acceptors (Lipinski definition) is 8. The van der Waals surface area contributed by atoms with E-state index in [9.17, 15) is 0 Å². The van der Waals surface area contributed by atoms with Crippen molar-refractivity contribution in [2.45, 2.75) is 179 Å². The molecule has 1 aromatic heterocycles. The smallest absolute Gasteiger partial charge is 0.220 e. The van der Waals surface area contributed by atoms with E-state index in [0.717, 1.165) is 62.1 Å². The van der Waals surface area contributed by atoms with Crippen LogP contribution in [0.3, 0.4) is 0 Å². The predicted molar refractivity (Wildman–Crippen MR) is 210 cm³/mol. The molecule has 0 saturated carbocycles. The maximum atomic E-state index is 7.42. The fourth-order valence-corrected chi connectivity index (χ4v) is 14.6. The molecular weight excluding hydrogens is 675 g/mol. The summed E-state index contributed by atoms with van der Waals surface area (Å²) < 4.78 is 44.7. The fourth-order valence-electron chi connectivity index (χ4n) is 7.98. The van der Waals surface area contributed by atoms with Gasteiger partial charge in [0.1, 0.15) is 30.4 Å². The summed E-state index contributed by atoms with van der Waals surface area (Å²) in [5.41, 5.74) is 4.61. The van der Waals surface area contributed by atoms with E-state index in [4.69, 9.17) is 37.2 Å². The summed E-state index contributed by atoms with van der Waals surface area (Å²) in [7, 11) is -2.27. The van der Waals surface area contributed by atoms with Crippen LogP contribution in [0.15, 0.2) is 47.1 Å². The summed E-state index contributed by atoms with van der Waals surface area (Å²) >= 11 is 0. The van der Waals surface area contributed by atoms with Crippen molar-refractivity contribution in [1.82, 2.24) is 4.98 Å². The summed E-state index contributed by atoms with van der Waals surface area (Å²) in [4.78, 5) is 4.87. The lowest BCUT2D eigenvalue weighted by atomic mass is 9.91. The second-order valence-electron chi connectivity index (χ2n) is 17.5. The van der Waals surface area contributed by atoms with Crippen LogP contribution >= 0.6 is 0 Å². The number of hydrogen-bond donors (Lipinski definition) is 0. The minimum Gasteiger partial charge on any atom is -0.497 e. The van der Waals surface area contributed by atoms with Gasteiger partial charge in [-0.2, -0.15) is 0 Å². The molecule has 2 aliphatic rings. The first-order valence-electron chi connectivity index (χ1n) is 19.4. The summed E-state index contributed by atoms with van der Waals surface area (Å²) in [6.45, 7) is 31.5. The third-order valence-corrected chi connectivity index (χ3v) is 22.3. The molecule has 0 spiro atoms. The third-order valence-electron chi connectivity index (χ3n) is 11.6. The lowest BCUT2D eigenvalue weighted by molar-refractivity contribution is -0.126. The van der Waals surface area contributed by atoms with Crippen LogP contribution < -0.4 is 4.74 Å². The van der Waals surface area contributed by atoms with Crippen molar-refractivity contribution < 1.29 is 32.2 Å². The second kappa shape index (κ2) is 18.0. The van der Waals surface area contributed by atoms with Crippen LogP contribution in [0.25, 0.3) is 0 Å². The number of oxazole rings is 1. The Morgan fingerprint density at radius 3 is 2.14 bits per heavy atom. The molecule has 288 valence electrons. The van der Waals surface area contributed by atoms with E-state index >= 15 is 0 Å². The van der Waals surface area contributed by atoms with Crippen LogP contribution in [0, 0.1) is 0 Å². The molecule has 0 unspecified atom stereocenters.